The number of carbonyl (C=O) groups excluding carboxylic acids is 1. The molecule has 1 aliphatic rings. The van der Waals surface area contributed by atoms with Gasteiger partial charge in [0.1, 0.15) is 5.75 Å². The highest BCUT2D eigenvalue weighted by molar-refractivity contribution is 7.87. The van der Waals surface area contributed by atoms with E-state index in [1.165, 1.54) is 0 Å². The molecule has 0 spiro atoms. The van der Waals surface area contributed by atoms with E-state index < -0.39 is 10.1 Å². The van der Waals surface area contributed by atoms with Crippen LogP contribution in [0.25, 0.3) is 0 Å². The van der Waals surface area contributed by atoms with Crippen LogP contribution in [0.2, 0.25) is 0 Å². The number of amides is 1. The first-order valence-electron chi connectivity index (χ1n) is 10.8. The number of hydrogen-bond donors (Lipinski definition) is 0. The van der Waals surface area contributed by atoms with Crippen molar-refractivity contribution in [2.24, 2.45) is 11.8 Å². The van der Waals surface area contributed by atoms with Crippen molar-refractivity contribution in [1.29, 1.82) is 0 Å². The topological polar surface area (TPSA) is 66.9 Å². The third-order valence-corrected chi connectivity index (χ3v) is 6.60. The van der Waals surface area contributed by atoms with Crippen LogP contribution in [0.3, 0.4) is 0 Å². The first-order chi connectivity index (χ1) is 13.7. The number of anilines is 1. The summed E-state index contributed by atoms with van der Waals surface area (Å²) in [6, 6.07) is 5.67. The lowest BCUT2D eigenvalue weighted by Gasteiger charge is -2.33. The number of benzene rings is 1. The summed E-state index contributed by atoms with van der Waals surface area (Å²) in [6.07, 6.45) is 3.00. The van der Waals surface area contributed by atoms with Crippen LogP contribution >= 0.6 is 0 Å². The van der Waals surface area contributed by atoms with Gasteiger partial charge >= 0.3 is 10.1 Å². The average Bonchev–Trinajstić information content (AvgIpc) is 2.62. The van der Waals surface area contributed by atoms with E-state index in [1.54, 1.807) is 13.0 Å². The molecule has 1 aliphatic carbocycles. The van der Waals surface area contributed by atoms with Crippen molar-refractivity contribution in [3.63, 3.8) is 0 Å². The summed E-state index contributed by atoms with van der Waals surface area (Å²) < 4.78 is 29.8. The Bertz CT molecular complexity index is 784. The molecule has 0 N–H and O–H groups in total. The highest BCUT2D eigenvalue weighted by Gasteiger charge is 2.30. The second-order valence-electron chi connectivity index (χ2n) is 8.13. The molecule has 1 amide bonds. The maximum absolute atomic E-state index is 12.9. The van der Waals surface area contributed by atoms with Crippen molar-refractivity contribution in [3.8, 4) is 5.75 Å². The Hall–Kier alpha value is -1.76. The first-order valence-corrected chi connectivity index (χ1v) is 12.4. The summed E-state index contributed by atoms with van der Waals surface area (Å²) >= 11 is 0. The zero-order valence-electron chi connectivity index (χ0n) is 18.5. The monoisotopic (exact) mass is 424 g/mol. The van der Waals surface area contributed by atoms with Crippen molar-refractivity contribution in [2.45, 2.75) is 60.4 Å². The second kappa shape index (κ2) is 10.3. The Morgan fingerprint density at radius 2 is 1.83 bits per heavy atom. The van der Waals surface area contributed by atoms with Crippen LogP contribution in [-0.4, -0.2) is 44.6 Å². The zero-order chi connectivity index (χ0) is 21.6. The van der Waals surface area contributed by atoms with E-state index in [0.29, 0.717) is 24.8 Å². The minimum atomic E-state index is -3.66. The molecule has 7 heteroatoms. The molecule has 1 aromatic carbocycles. The Balaban J connectivity index is 2.37. The Morgan fingerprint density at radius 3 is 2.31 bits per heavy atom. The molecule has 0 aliphatic heterocycles. The standard InChI is InChI=1S/C22H36N2O4S/c1-6-23(7-2)20-13-12-19(21(14-20)28-29(26,27)8-3)16-24(15-17(4)5)22(25)18-10-9-11-18/h12-14,17-18H,6-11,15-16H2,1-5H3. The van der Waals surface area contributed by atoms with Crippen LogP contribution in [0.1, 0.15) is 59.4 Å². The van der Waals surface area contributed by atoms with Crippen molar-refractivity contribution in [2.75, 3.05) is 30.3 Å². The molecule has 1 saturated carbocycles. The first kappa shape index (κ1) is 23.5. The zero-order valence-corrected chi connectivity index (χ0v) is 19.3. The van der Waals surface area contributed by atoms with E-state index in [4.69, 9.17) is 4.18 Å². The van der Waals surface area contributed by atoms with Gasteiger partial charge in [0.2, 0.25) is 5.91 Å². The molecule has 6 nitrogen and oxygen atoms in total. The predicted octanol–water partition coefficient (Wildman–Crippen LogP) is 4.05. The molecule has 0 bridgehead atoms. The highest BCUT2D eigenvalue weighted by atomic mass is 32.2. The molecule has 2 rings (SSSR count). The molecule has 164 valence electrons. The molecule has 1 aromatic rings. The highest BCUT2D eigenvalue weighted by Crippen LogP contribution is 2.32. The van der Waals surface area contributed by atoms with Gasteiger partial charge in [-0.05, 0) is 45.6 Å². The molecule has 0 saturated heterocycles. The molecule has 29 heavy (non-hydrogen) atoms. The van der Waals surface area contributed by atoms with Gasteiger partial charge in [0, 0.05) is 49.4 Å². The summed E-state index contributed by atoms with van der Waals surface area (Å²) in [5.41, 5.74) is 1.65. The van der Waals surface area contributed by atoms with Gasteiger partial charge in [-0.3, -0.25) is 4.79 Å². The van der Waals surface area contributed by atoms with Crippen LogP contribution in [0.5, 0.6) is 5.75 Å². The summed E-state index contributed by atoms with van der Waals surface area (Å²) in [4.78, 5) is 17.0. The van der Waals surface area contributed by atoms with E-state index in [-0.39, 0.29) is 17.6 Å². The Kier molecular flexibility index (Phi) is 8.37. The van der Waals surface area contributed by atoms with Crippen molar-refractivity contribution in [3.05, 3.63) is 23.8 Å². The normalized spacial score (nSPS) is 14.6. The van der Waals surface area contributed by atoms with E-state index in [1.807, 2.05) is 17.0 Å². The molecule has 0 atom stereocenters. The minimum Gasteiger partial charge on any atom is -0.382 e. The summed E-state index contributed by atoms with van der Waals surface area (Å²) in [5, 5.41) is 0. The van der Waals surface area contributed by atoms with Gasteiger partial charge in [-0.2, -0.15) is 8.42 Å². The fourth-order valence-corrected chi connectivity index (χ4v) is 4.07. The molecule has 0 radical (unpaired) electrons. The minimum absolute atomic E-state index is 0.0986. The average molecular weight is 425 g/mol. The van der Waals surface area contributed by atoms with Gasteiger partial charge in [-0.25, -0.2) is 0 Å². The summed E-state index contributed by atoms with van der Waals surface area (Å²) in [6.45, 7) is 12.5. The maximum atomic E-state index is 12.9. The van der Waals surface area contributed by atoms with E-state index >= 15 is 0 Å². The van der Waals surface area contributed by atoms with Gasteiger partial charge in [0.25, 0.3) is 0 Å². The summed E-state index contributed by atoms with van der Waals surface area (Å²) in [7, 11) is -3.66. The van der Waals surface area contributed by atoms with Gasteiger partial charge < -0.3 is 14.0 Å². The van der Waals surface area contributed by atoms with Crippen LogP contribution < -0.4 is 9.08 Å². The van der Waals surface area contributed by atoms with Crippen LogP contribution in [0, 0.1) is 11.8 Å². The van der Waals surface area contributed by atoms with Crippen LogP contribution in [0.4, 0.5) is 5.69 Å². The largest absolute Gasteiger partial charge is 0.382 e. The number of hydrogen-bond acceptors (Lipinski definition) is 5. The fraction of sp³-hybridized carbons (Fsp3) is 0.682. The van der Waals surface area contributed by atoms with Crippen molar-refractivity contribution in [1.82, 2.24) is 4.90 Å². The van der Waals surface area contributed by atoms with E-state index in [2.05, 4.69) is 32.6 Å². The SMILES string of the molecule is CCN(CC)c1ccc(CN(CC(C)C)C(=O)C2CCC2)c(OS(=O)(=O)CC)c1. The fourth-order valence-electron chi connectivity index (χ4n) is 3.52. The Morgan fingerprint density at radius 1 is 1.17 bits per heavy atom. The van der Waals surface area contributed by atoms with Gasteiger partial charge in [-0.15, -0.1) is 0 Å². The number of nitrogens with zero attached hydrogens (tertiary/aromatic N) is 2. The third-order valence-electron chi connectivity index (χ3n) is 5.46. The third kappa shape index (κ3) is 6.36. The van der Waals surface area contributed by atoms with Gasteiger partial charge in [0.15, 0.2) is 0 Å². The smallest absolute Gasteiger partial charge is 0.308 e. The molecular weight excluding hydrogens is 388 g/mol. The van der Waals surface area contributed by atoms with Crippen LogP contribution in [0.15, 0.2) is 18.2 Å². The Labute approximate surface area is 176 Å². The molecular formula is C22H36N2O4S. The summed E-state index contributed by atoms with van der Waals surface area (Å²) in [5.74, 6) is 0.831. The lowest BCUT2D eigenvalue weighted by Crippen LogP contribution is -2.40. The predicted molar refractivity (Wildman–Crippen MR) is 118 cm³/mol. The van der Waals surface area contributed by atoms with Crippen molar-refractivity contribution < 1.29 is 17.4 Å². The van der Waals surface area contributed by atoms with E-state index in [9.17, 15) is 13.2 Å². The van der Waals surface area contributed by atoms with Gasteiger partial charge in [0.05, 0.1) is 5.75 Å². The van der Waals surface area contributed by atoms with E-state index in [0.717, 1.165) is 43.6 Å². The number of carbonyl (C=O) groups is 1. The molecule has 0 unspecified atom stereocenters. The quantitative estimate of drug-likeness (QED) is 0.502. The van der Waals surface area contributed by atoms with Gasteiger partial charge in [-0.1, -0.05) is 26.3 Å². The molecule has 0 aromatic heterocycles. The number of rotatable bonds is 11. The van der Waals surface area contributed by atoms with Crippen molar-refractivity contribution >= 4 is 21.7 Å². The second-order valence-corrected chi connectivity index (χ2v) is 9.99. The molecule has 1 fully saturated rings. The lowest BCUT2D eigenvalue weighted by atomic mass is 9.84. The molecule has 0 heterocycles. The van der Waals surface area contributed by atoms with Crippen LogP contribution in [-0.2, 0) is 21.5 Å². The maximum Gasteiger partial charge on any atom is 0.308 e. The lowest BCUT2D eigenvalue weighted by molar-refractivity contribution is -0.139.